The fourth-order valence-corrected chi connectivity index (χ4v) is 2.93. The predicted octanol–water partition coefficient (Wildman–Crippen LogP) is 3.54. The van der Waals surface area contributed by atoms with Gasteiger partial charge in [0.2, 0.25) is 5.91 Å². The van der Waals surface area contributed by atoms with Crippen LogP contribution in [0, 0.1) is 0 Å². The minimum absolute atomic E-state index is 0.0710. The molecule has 30 heavy (non-hydrogen) atoms. The van der Waals surface area contributed by atoms with Crippen molar-refractivity contribution in [3.63, 3.8) is 0 Å². The molecule has 1 aliphatic rings. The Morgan fingerprint density at radius 2 is 1.73 bits per heavy atom. The topological polar surface area (TPSA) is 87.7 Å². The number of benzene rings is 2. The molecule has 1 heterocycles. The summed E-state index contributed by atoms with van der Waals surface area (Å²) >= 11 is 0. The molecule has 0 atom stereocenters. The Hall–Kier alpha value is -3.87. The molecule has 0 fully saturated rings. The van der Waals surface area contributed by atoms with Crippen molar-refractivity contribution < 1.29 is 19.1 Å². The van der Waals surface area contributed by atoms with E-state index in [0.29, 0.717) is 28.9 Å². The van der Waals surface area contributed by atoms with Gasteiger partial charge >= 0.3 is 5.97 Å². The van der Waals surface area contributed by atoms with Crippen molar-refractivity contribution in [3.8, 4) is 0 Å². The summed E-state index contributed by atoms with van der Waals surface area (Å²) in [6, 6.07) is 15.8. The third-order valence-electron chi connectivity index (χ3n) is 4.30. The first-order chi connectivity index (χ1) is 14.6. The minimum atomic E-state index is -0.495. The van der Waals surface area contributed by atoms with Gasteiger partial charge in [-0.1, -0.05) is 36.4 Å². The Kier molecular flexibility index (Phi) is 7.00. The smallest absolute Gasteiger partial charge is 0.340 e. The fraction of sp³-hybridized carbons (Fsp3) is 0.174. The molecule has 3 rings (SSSR count). The zero-order chi connectivity index (χ0) is 21.3. The lowest BCUT2D eigenvalue weighted by molar-refractivity contribution is -0.116. The molecule has 2 aromatic rings. The lowest BCUT2D eigenvalue weighted by Gasteiger charge is -2.21. The molecule has 0 aliphatic carbocycles. The normalized spacial score (nSPS) is 12.7. The van der Waals surface area contributed by atoms with Gasteiger partial charge in [-0.3, -0.25) is 9.59 Å². The molecule has 0 radical (unpaired) electrons. The standard InChI is InChI=1S/C23H23N3O4/c1-2-30-23(29)19-12-6-7-13-20(19)25-22(28)17-9-8-14-26(15-17)16-21(27)24-18-10-4-3-5-11-18/h3-8,10-15H,2,9,16H2,1H3,(H,24,27)(H,25,28). The average molecular weight is 405 g/mol. The molecule has 154 valence electrons. The number of para-hydroxylation sites is 2. The maximum Gasteiger partial charge on any atom is 0.340 e. The number of carbonyl (C=O) groups excluding carboxylic acids is 3. The average Bonchev–Trinajstić information content (AvgIpc) is 2.75. The van der Waals surface area contributed by atoms with Crippen LogP contribution in [0.1, 0.15) is 23.7 Å². The monoisotopic (exact) mass is 405 g/mol. The Balaban J connectivity index is 1.65. The molecule has 0 aromatic heterocycles. The van der Waals surface area contributed by atoms with Crippen LogP contribution in [0.4, 0.5) is 11.4 Å². The number of rotatable bonds is 7. The molecule has 0 saturated heterocycles. The van der Waals surface area contributed by atoms with Crippen LogP contribution >= 0.6 is 0 Å². The molecule has 0 saturated carbocycles. The molecule has 2 N–H and O–H groups in total. The highest BCUT2D eigenvalue weighted by Gasteiger charge is 2.18. The van der Waals surface area contributed by atoms with E-state index < -0.39 is 5.97 Å². The highest BCUT2D eigenvalue weighted by atomic mass is 16.5. The minimum Gasteiger partial charge on any atom is -0.462 e. The van der Waals surface area contributed by atoms with Crippen LogP contribution in [0.25, 0.3) is 0 Å². The quantitative estimate of drug-likeness (QED) is 0.688. The first kappa shape index (κ1) is 20.9. The number of nitrogens with zero attached hydrogens (tertiary/aromatic N) is 1. The van der Waals surface area contributed by atoms with Crippen LogP contribution < -0.4 is 10.6 Å². The molecule has 0 bridgehead atoms. The van der Waals surface area contributed by atoms with Gasteiger partial charge in [-0.15, -0.1) is 0 Å². The van der Waals surface area contributed by atoms with Crippen LogP contribution in [0.3, 0.4) is 0 Å². The van der Waals surface area contributed by atoms with Crippen molar-refractivity contribution >= 4 is 29.2 Å². The van der Waals surface area contributed by atoms with Crippen LogP contribution in [0.15, 0.2) is 78.6 Å². The lowest BCUT2D eigenvalue weighted by Crippen LogP contribution is -2.29. The number of esters is 1. The van der Waals surface area contributed by atoms with Gasteiger partial charge in [0, 0.05) is 23.7 Å². The molecule has 7 nitrogen and oxygen atoms in total. The molecule has 1 aliphatic heterocycles. The number of ether oxygens (including phenoxy) is 1. The van der Waals surface area contributed by atoms with E-state index in [4.69, 9.17) is 4.74 Å². The van der Waals surface area contributed by atoms with Gasteiger partial charge in [0.1, 0.15) is 6.54 Å². The van der Waals surface area contributed by atoms with E-state index >= 15 is 0 Å². The number of hydrogen-bond donors (Lipinski definition) is 2. The van der Waals surface area contributed by atoms with Gasteiger partial charge in [-0.2, -0.15) is 0 Å². The summed E-state index contributed by atoms with van der Waals surface area (Å²) in [6.45, 7) is 2.04. The summed E-state index contributed by atoms with van der Waals surface area (Å²) in [4.78, 5) is 38.7. The van der Waals surface area contributed by atoms with Gasteiger partial charge in [0.05, 0.1) is 17.9 Å². The van der Waals surface area contributed by atoms with Crippen molar-refractivity contribution in [1.82, 2.24) is 4.90 Å². The number of nitrogens with one attached hydrogen (secondary N) is 2. The number of allylic oxidation sites excluding steroid dienone is 1. The highest BCUT2D eigenvalue weighted by Crippen LogP contribution is 2.20. The van der Waals surface area contributed by atoms with Crippen LogP contribution in [-0.4, -0.2) is 35.8 Å². The van der Waals surface area contributed by atoms with Crippen molar-refractivity contribution in [3.05, 3.63) is 84.2 Å². The third kappa shape index (κ3) is 5.57. The van der Waals surface area contributed by atoms with E-state index in [0.717, 1.165) is 0 Å². The third-order valence-corrected chi connectivity index (χ3v) is 4.30. The largest absolute Gasteiger partial charge is 0.462 e. The Labute approximate surface area is 175 Å². The van der Waals surface area contributed by atoms with Gasteiger partial charge in [0.15, 0.2) is 0 Å². The van der Waals surface area contributed by atoms with Crippen LogP contribution in [0.5, 0.6) is 0 Å². The summed E-state index contributed by atoms with van der Waals surface area (Å²) < 4.78 is 5.04. The van der Waals surface area contributed by atoms with E-state index in [1.54, 1.807) is 60.6 Å². The summed E-state index contributed by atoms with van der Waals surface area (Å²) in [5.41, 5.74) is 1.85. The predicted molar refractivity (Wildman–Crippen MR) is 115 cm³/mol. The summed E-state index contributed by atoms with van der Waals surface area (Å²) in [5.74, 6) is -1.04. The van der Waals surface area contributed by atoms with Crippen LogP contribution in [-0.2, 0) is 14.3 Å². The van der Waals surface area contributed by atoms with E-state index in [-0.39, 0.29) is 25.0 Å². The maximum atomic E-state index is 12.7. The molecule has 2 aromatic carbocycles. The first-order valence-electron chi connectivity index (χ1n) is 9.62. The number of carbonyl (C=O) groups is 3. The first-order valence-corrected chi connectivity index (χ1v) is 9.62. The van der Waals surface area contributed by atoms with Gasteiger partial charge in [0.25, 0.3) is 5.91 Å². The second-order valence-corrected chi connectivity index (χ2v) is 6.55. The second-order valence-electron chi connectivity index (χ2n) is 6.55. The van der Waals surface area contributed by atoms with E-state index in [2.05, 4.69) is 10.6 Å². The van der Waals surface area contributed by atoms with E-state index in [1.807, 2.05) is 24.3 Å². The number of anilines is 2. The molecule has 7 heteroatoms. The maximum absolute atomic E-state index is 12.7. The van der Waals surface area contributed by atoms with Crippen molar-refractivity contribution in [2.45, 2.75) is 13.3 Å². The Morgan fingerprint density at radius 3 is 2.50 bits per heavy atom. The molecular weight excluding hydrogens is 382 g/mol. The zero-order valence-electron chi connectivity index (χ0n) is 16.6. The fourth-order valence-electron chi connectivity index (χ4n) is 2.93. The molecular formula is C23H23N3O4. The van der Waals surface area contributed by atoms with Crippen molar-refractivity contribution in [2.75, 3.05) is 23.8 Å². The van der Waals surface area contributed by atoms with E-state index in [1.165, 1.54) is 0 Å². The van der Waals surface area contributed by atoms with Gasteiger partial charge in [-0.05, 0) is 37.6 Å². The zero-order valence-corrected chi connectivity index (χ0v) is 16.6. The highest BCUT2D eigenvalue weighted by molar-refractivity contribution is 6.07. The second kappa shape index (κ2) is 10.1. The molecule has 0 spiro atoms. The summed E-state index contributed by atoms with van der Waals surface area (Å²) in [7, 11) is 0. The Morgan fingerprint density at radius 1 is 1.00 bits per heavy atom. The van der Waals surface area contributed by atoms with Crippen LogP contribution in [0.2, 0.25) is 0 Å². The Bertz CT molecular complexity index is 983. The van der Waals surface area contributed by atoms with E-state index in [9.17, 15) is 14.4 Å². The molecule has 2 amide bonds. The summed E-state index contributed by atoms with van der Waals surface area (Å²) in [6.07, 6.45) is 5.62. The number of amides is 2. The van der Waals surface area contributed by atoms with Gasteiger partial charge < -0.3 is 20.3 Å². The number of hydrogen-bond acceptors (Lipinski definition) is 5. The molecule has 0 unspecified atom stereocenters. The van der Waals surface area contributed by atoms with Crippen molar-refractivity contribution in [1.29, 1.82) is 0 Å². The SMILES string of the molecule is CCOC(=O)c1ccccc1NC(=O)C1=CN(CC(=O)Nc2ccccc2)C=CC1. The lowest BCUT2D eigenvalue weighted by atomic mass is 10.1. The summed E-state index contributed by atoms with van der Waals surface area (Å²) in [5, 5.41) is 5.57. The van der Waals surface area contributed by atoms with Crippen molar-refractivity contribution in [2.24, 2.45) is 0 Å². The van der Waals surface area contributed by atoms with Gasteiger partial charge in [-0.25, -0.2) is 4.79 Å².